The number of hydrogen-bond donors (Lipinski definition) is 3. The average molecular weight is 327 g/mol. The maximum atomic E-state index is 12.1. The van der Waals surface area contributed by atoms with Gasteiger partial charge in [-0.1, -0.05) is 54.1 Å². The van der Waals surface area contributed by atoms with Gasteiger partial charge < -0.3 is 0 Å². The van der Waals surface area contributed by atoms with E-state index in [9.17, 15) is 4.79 Å². The second kappa shape index (κ2) is 7.09. The molecule has 116 valence electrons. The maximum absolute atomic E-state index is 12.1. The summed E-state index contributed by atoms with van der Waals surface area (Å²) in [5.41, 5.74) is 8.58. The van der Waals surface area contributed by atoms with Crippen molar-refractivity contribution in [1.29, 1.82) is 0 Å². The topological polar surface area (TPSA) is 69.8 Å². The van der Waals surface area contributed by atoms with Crippen molar-refractivity contribution in [2.45, 2.75) is 6.54 Å². The van der Waals surface area contributed by atoms with Gasteiger partial charge in [0.15, 0.2) is 0 Å². The first-order valence-corrected chi connectivity index (χ1v) is 7.48. The van der Waals surface area contributed by atoms with E-state index in [2.05, 4.69) is 21.0 Å². The van der Waals surface area contributed by atoms with Crippen LogP contribution in [0.3, 0.4) is 0 Å². The fraction of sp³-hybridized carbons (Fsp3) is 0.0588. The molecule has 5 nitrogen and oxygen atoms in total. The lowest BCUT2D eigenvalue weighted by atomic mass is 10.1. The van der Waals surface area contributed by atoms with Crippen LogP contribution in [0.15, 0.2) is 60.7 Å². The minimum absolute atomic E-state index is 0.270. The number of rotatable bonds is 5. The first kappa shape index (κ1) is 15.3. The summed E-state index contributed by atoms with van der Waals surface area (Å²) in [5, 5.41) is 7.54. The number of halogens is 1. The summed E-state index contributed by atoms with van der Waals surface area (Å²) >= 11 is 5.86. The van der Waals surface area contributed by atoms with Crippen molar-refractivity contribution < 1.29 is 4.79 Å². The Bertz CT molecular complexity index is 784. The van der Waals surface area contributed by atoms with E-state index in [1.807, 2.05) is 42.5 Å². The van der Waals surface area contributed by atoms with E-state index >= 15 is 0 Å². The summed E-state index contributed by atoms with van der Waals surface area (Å²) < 4.78 is 0. The van der Waals surface area contributed by atoms with Crippen LogP contribution in [0, 0.1) is 0 Å². The molecule has 0 aliphatic heterocycles. The molecule has 0 bridgehead atoms. The molecular weight excluding hydrogens is 312 g/mol. The monoisotopic (exact) mass is 326 g/mol. The van der Waals surface area contributed by atoms with Crippen LogP contribution in [-0.2, 0) is 6.54 Å². The number of aromatic amines is 1. The molecule has 0 fully saturated rings. The molecule has 3 N–H and O–H groups in total. The predicted molar refractivity (Wildman–Crippen MR) is 89.8 cm³/mol. The van der Waals surface area contributed by atoms with Crippen molar-refractivity contribution in [3.05, 3.63) is 76.9 Å². The Balaban J connectivity index is 1.59. The van der Waals surface area contributed by atoms with Crippen molar-refractivity contribution in [2.75, 3.05) is 0 Å². The highest BCUT2D eigenvalue weighted by atomic mass is 35.5. The normalized spacial score (nSPS) is 10.5. The third-order valence-electron chi connectivity index (χ3n) is 3.30. The fourth-order valence-corrected chi connectivity index (χ4v) is 2.22. The summed E-state index contributed by atoms with van der Waals surface area (Å²) in [4.78, 5) is 12.1. The molecule has 1 aromatic heterocycles. The van der Waals surface area contributed by atoms with Gasteiger partial charge in [-0.15, -0.1) is 0 Å². The summed E-state index contributed by atoms with van der Waals surface area (Å²) in [6.45, 7) is 0.546. The van der Waals surface area contributed by atoms with Crippen LogP contribution in [-0.4, -0.2) is 16.1 Å². The average Bonchev–Trinajstić information content (AvgIpc) is 3.06. The minimum Gasteiger partial charge on any atom is -0.286 e. The highest BCUT2D eigenvalue weighted by Gasteiger charge is 2.10. The molecule has 6 heteroatoms. The molecule has 2 aromatic carbocycles. The molecule has 0 aliphatic rings. The van der Waals surface area contributed by atoms with Gasteiger partial charge in [0, 0.05) is 17.1 Å². The van der Waals surface area contributed by atoms with Gasteiger partial charge >= 0.3 is 0 Å². The Morgan fingerprint density at radius 3 is 2.57 bits per heavy atom. The Kier molecular flexibility index (Phi) is 4.71. The standard InChI is InChI=1S/C17H15ClN4O/c18-14-8-6-13(7-9-14)15-10-16(21-20-15)17(23)22-19-11-12-4-2-1-3-5-12/h1-10,19H,11H2,(H,20,21)(H,22,23). The van der Waals surface area contributed by atoms with Crippen molar-refractivity contribution >= 4 is 17.5 Å². The third-order valence-corrected chi connectivity index (χ3v) is 3.55. The lowest BCUT2D eigenvalue weighted by molar-refractivity contribution is 0.0927. The molecule has 1 heterocycles. The molecular formula is C17H15ClN4O. The van der Waals surface area contributed by atoms with Gasteiger partial charge in [0.2, 0.25) is 0 Å². The summed E-state index contributed by atoms with van der Waals surface area (Å²) in [6, 6.07) is 18.8. The van der Waals surface area contributed by atoms with Crippen molar-refractivity contribution in [3.8, 4) is 11.3 Å². The Morgan fingerprint density at radius 2 is 1.83 bits per heavy atom. The van der Waals surface area contributed by atoms with E-state index in [0.717, 1.165) is 11.1 Å². The number of amides is 1. The Labute approximate surface area is 138 Å². The SMILES string of the molecule is O=C(NNCc1ccccc1)c1cc(-c2ccc(Cl)cc2)n[nH]1. The van der Waals surface area contributed by atoms with Crippen LogP contribution in [0.4, 0.5) is 0 Å². The third kappa shape index (κ3) is 3.97. The number of carbonyl (C=O) groups is 1. The summed E-state index contributed by atoms with van der Waals surface area (Å²) in [6.07, 6.45) is 0. The van der Waals surface area contributed by atoms with E-state index < -0.39 is 0 Å². The van der Waals surface area contributed by atoms with Crippen LogP contribution in [0.5, 0.6) is 0 Å². The zero-order chi connectivity index (χ0) is 16.1. The molecule has 3 aromatic rings. The zero-order valence-corrected chi connectivity index (χ0v) is 13.0. The van der Waals surface area contributed by atoms with E-state index in [1.165, 1.54) is 0 Å². The molecule has 0 aliphatic carbocycles. The highest BCUT2D eigenvalue weighted by Crippen LogP contribution is 2.20. The summed E-state index contributed by atoms with van der Waals surface area (Å²) in [5.74, 6) is -0.270. The van der Waals surface area contributed by atoms with Crippen molar-refractivity contribution in [2.24, 2.45) is 0 Å². The van der Waals surface area contributed by atoms with E-state index in [4.69, 9.17) is 11.6 Å². The van der Waals surface area contributed by atoms with Gasteiger partial charge in [0.1, 0.15) is 5.69 Å². The van der Waals surface area contributed by atoms with Crippen LogP contribution < -0.4 is 10.9 Å². The molecule has 0 saturated heterocycles. The molecule has 0 atom stereocenters. The molecule has 0 saturated carbocycles. The summed E-state index contributed by atoms with van der Waals surface area (Å²) in [7, 11) is 0. The first-order chi connectivity index (χ1) is 11.2. The van der Waals surface area contributed by atoms with Crippen molar-refractivity contribution in [3.63, 3.8) is 0 Å². The number of nitrogens with zero attached hydrogens (tertiary/aromatic N) is 1. The van der Waals surface area contributed by atoms with Gasteiger partial charge in [-0.2, -0.15) is 5.10 Å². The van der Waals surface area contributed by atoms with Gasteiger partial charge in [0.25, 0.3) is 5.91 Å². The number of H-pyrrole nitrogens is 1. The van der Waals surface area contributed by atoms with E-state index in [1.54, 1.807) is 18.2 Å². The smallest absolute Gasteiger partial charge is 0.283 e. The number of carbonyl (C=O) groups excluding carboxylic acids is 1. The van der Waals surface area contributed by atoms with Crippen molar-refractivity contribution in [1.82, 2.24) is 21.0 Å². The highest BCUT2D eigenvalue weighted by molar-refractivity contribution is 6.30. The quantitative estimate of drug-likeness (QED) is 0.631. The largest absolute Gasteiger partial charge is 0.286 e. The van der Waals surface area contributed by atoms with E-state index in [0.29, 0.717) is 23.0 Å². The Morgan fingerprint density at radius 1 is 1.09 bits per heavy atom. The molecule has 0 spiro atoms. The zero-order valence-electron chi connectivity index (χ0n) is 12.2. The van der Waals surface area contributed by atoms with Crippen LogP contribution >= 0.6 is 11.6 Å². The number of aromatic nitrogens is 2. The first-order valence-electron chi connectivity index (χ1n) is 7.11. The fourth-order valence-electron chi connectivity index (χ4n) is 2.10. The van der Waals surface area contributed by atoms with Gasteiger partial charge in [-0.3, -0.25) is 15.3 Å². The maximum Gasteiger partial charge on any atom is 0.283 e. The molecule has 0 radical (unpaired) electrons. The second-order valence-electron chi connectivity index (χ2n) is 4.97. The lowest BCUT2D eigenvalue weighted by Gasteiger charge is -2.05. The van der Waals surface area contributed by atoms with Crippen LogP contribution in [0.1, 0.15) is 16.1 Å². The van der Waals surface area contributed by atoms with Gasteiger partial charge in [0.05, 0.1) is 5.69 Å². The molecule has 3 rings (SSSR count). The Hall–Kier alpha value is -2.63. The number of benzene rings is 2. The molecule has 0 unspecified atom stereocenters. The number of hydrazine groups is 1. The molecule has 23 heavy (non-hydrogen) atoms. The van der Waals surface area contributed by atoms with E-state index in [-0.39, 0.29) is 5.91 Å². The molecule has 1 amide bonds. The second-order valence-corrected chi connectivity index (χ2v) is 5.40. The van der Waals surface area contributed by atoms with Crippen LogP contribution in [0.2, 0.25) is 5.02 Å². The number of nitrogens with one attached hydrogen (secondary N) is 3. The lowest BCUT2D eigenvalue weighted by Crippen LogP contribution is -2.37. The van der Waals surface area contributed by atoms with Gasteiger partial charge in [-0.25, -0.2) is 5.43 Å². The number of hydrogen-bond acceptors (Lipinski definition) is 3. The predicted octanol–water partition coefficient (Wildman–Crippen LogP) is 3.16. The van der Waals surface area contributed by atoms with Gasteiger partial charge in [-0.05, 0) is 23.8 Å². The van der Waals surface area contributed by atoms with Crippen LogP contribution in [0.25, 0.3) is 11.3 Å². The minimum atomic E-state index is -0.270.